The van der Waals surface area contributed by atoms with Gasteiger partial charge in [0.2, 0.25) is 11.7 Å². The van der Waals surface area contributed by atoms with Crippen LogP contribution in [0.15, 0.2) is 18.1 Å². The van der Waals surface area contributed by atoms with Gasteiger partial charge in [-0.2, -0.15) is 0 Å². The number of carboxylic acids is 1. The molecule has 0 fully saturated rings. The first-order valence-corrected chi connectivity index (χ1v) is 6.77. The van der Waals surface area contributed by atoms with Gasteiger partial charge in [0, 0.05) is 0 Å². The van der Waals surface area contributed by atoms with Crippen LogP contribution in [0.2, 0.25) is 0 Å². The van der Waals surface area contributed by atoms with E-state index in [4.69, 9.17) is 9.52 Å². The normalized spacial score (nSPS) is 11.2. The molecule has 1 N–H and O–H groups in total. The van der Waals surface area contributed by atoms with Crippen LogP contribution in [-0.2, 0) is 0 Å². The Morgan fingerprint density at radius 1 is 1.50 bits per heavy atom. The Labute approximate surface area is 120 Å². The number of halogens is 4. The van der Waals surface area contributed by atoms with Crippen molar-refractivity contribution >= 4 is 49.2 Å². The van der Waals surface area contributed by atoms with E-state index in [1.54, 1.807) is 6.07 Å². The lowest BCUT2D eigenvalue weighted by Crippen LogP contribution is -1.99. The van der Waals surface area contributed by atoms with Gasteiger partial charge in [-0.05, 0) is 37.9 Å². The second-order valence-corrected chi connectivity index (χ2v) is 6.83. The first kappa shape index (κ1) is 13.6. The van der Waals surface area contributed by atoms with Gasteiger partial charge in [0.05, 0.1) is 13.1 Å². The number of rotatable bonds is 3. The fourth-order valence-corrected chi connectivity index (χ4v) is 4.01. The van der Waals surface area contributed by atoms with Crippen molar-refractivity contribution in [2.24, 2.45) is 0 Å². The number of oxazole rings is 1. The minimum atomic E-state index is -3.01. The lowest BCUT2D eigenvalue weighted by atomic mass is 10.3. The van der Waals surface area contributed by atoms with Gasteiger partial charge in [0.15, 0.2) is 5.69 Å². The average molecular weight is 403 g/mol. The number of hydrogen-bond acceptors (Lipinski definition) is 4. The number of aromatic nitrogens is 1. The molecule has 2 heterocycles. The molecule has 2 rings (SSSR count). The van der Waals surface area contributed by atoms with Crippen molar-refractivity contribution in [3.05, 3.63) is 25.1 Å². The predicted molar refractivity (Wildman–Crippen MR) is 67.1 cm³/mol. The highest BCUT2D eigenvalue weighted by molar-refractivity contribution is 9.12. The van der Waals surface area contributed by atoms with Crippen LogP contribution in [0.4, 0.5) is 8.78 Å². The van der Waals surface area contributed by atoms with E-state index >= 15 is 0 Å². The number of hydrogen-bond donors (Lipinski definition) is 1. The summed E-state index contributed by atoms with van der Waals surface area (Å²) in [4.78, 5) is 14.3. The van der Waals surface area contributed by atoms with Gasteiger partial charge in [-0.1, -0.05) is 0 Å². The molecule has 0 spiro atoms. The Morgan fingerprint density at radius 2 is 2.17 bits per heavy atom. The molecule has 18 heavy (non-hydrogen) atoms. The van der Waals surface area contributed by atoms with Crippen molar-refractivity contribution in [1.29, 1.82) is 0 Å². The molecule has 0 unspecified atom stereocenters. The van der Waals surface area contributed by atoms with E-state index in [0.29, 0.717) is 9.35 Å². The van der Waals surface area contributed by atoms with Gasteiger partial charge in [-0.15, -0.1) is 11.3 Å². The van der Waals surface area contributed by atoms with E-state index in [0.717, 1.165) is 3.79 Å². The summed E-state index contributed by atoms with van der Waals surface area (Å²) < 4.78 is 31.5. The van der Waals surface area contributed by atoms with Crippen LogP contribution in [0.1, 0.15) is 22.7 Å². The first-order valence-electron chi connectivity index (χ1n) is 4.37. The number of alkyl halides is 2. The zero-order valence-electron chi connectivity index (χ0n) is 8.29. The Hall–Kier alpha value is -0.800. The molecule has 0 radical (unpaired) electrons. The highest BCUT2D eigenvalue weighted by Gasteiger charge is 2.27. The maximum Gasteiger partial charge on any atom is 0.374 e. The van der Waals surface area contributed by atoms with Crippen molar-refractivity contribution in [2.75, 3.05) is 0 Å². The van der Waals surface area contributed by atoms with Crippen LogP contribution in [0.3, 0.4) is 0 Å². The summed E-state index contributed by atoms with van der Waals surface area (Å²) in [6, 6.07) is 1.60. The van der Waals surface area contributed by atoms with E-state index < -0.39 is 23.8 Å². The predicted octanol–water partition coefficient (Wildman–Crippen LogP) is 4.56. The standard InChI is InChI=1S/C9H3Br2F2NO3S/c10-3-1-2(6(11)18-3)8-14-4(7(12)13)5(17-8)9(15)16/h1,7H,(H,15,16). The average Bonchev–Trinajstić information content (AvgIpc) is 2.81. The topological polar surface area (TPSA) is 63.3 Å². The fourth-order valence-electron chi connectivity index (χ4n) is 1.23. The molecular formula is C9H3Br2F2NO3S. The Bertz CT molecular complexity index is 611. The number of carbonyl (C=O) groups is 1. The van der Waals surface area contributed by atoms with E-state index in [9.17, 15) is 13.6 Å². The number of aromatic carboxylic acids is 1. The van der Waals surface area contributed by atoms with Gasteiger partial charge < -0.3 is 9.52 Å². The largest absolute Gasteiger partial charge is 0.475 e. The molecule has 0 bridgehead atoms. The molecule has 0 aliphatic heterocycles. The molecule has 2 aromatic heterocycles. The van der Waals surface area contributed by atoms with E-state index in [1.807, 2.05) is 0 Å². The Balaban J connectivity index is 2.56. The third-order valence-electron chi connectivity index (χ3n) is 1.94. The third-order valence-corrected chi connectivity index (χ3v) is 4.28. The monoisotopic (exact) mass is 401 g/mol. The summed E-state index contributed by atoms with van der Waals surface area (Å²) in [6.45, 7) is 0. The van der Waals surface area contributed by atoms with Crippen LogP contribution in [-0.4, -0.2) is 16.1 Å². The molecule has 0 aliphatic carbocycles. The molecule has 0 saturated carbocycles. The van der Waals surface area contributed by atoms with E-state index in [-0.39, 0.29) is 5.89 Å². The fraction of sp³-hybridized carbons (Fsp3) is 0.111. The molecule has 0 amide bonds. The first-order chi connectivity index (χ1) is 8.40. The molecule has 0 atom stereocenters. The summed E-state index contributed by atoms with van der Waals surface area (Å²) >= 11 is 7.73. The molecule has 96 valence electrons. The Kier molecular flexibility index (Phi) is 3.83. The summed E-state index contributed by atoms with van der Waals surface area (Å²) in [5.74, 6) is -2.57. The molecule has 2 aromatic rings. The van der Waals surface area contributed by atoms with E-state index in [1.165, 1.54) is 11.3 Å². The van der Waals surface area contributed by atoms with E-state index in [2.05, 4.69) is 36.8 Å². The number of thiophene rings is 1. The summed E-state index contributed by atoms with van der Waals surface area (Å²) in [6.07, 6.45) is -3.01. The van der Waals surface area contributed by atoms with Gasteiger partial charge in [-0.3, -0.25) is 0 Å². The molecule has 0 aromatic carbocycles. The van der Waals surface area contributed by atoms with Crippen LogP contribution < -0.4 is 0 Å². The second-order valence-electron chi connectivity index (χ2n) is 3.08. The lowest BCUT2D eigenvalue weighted by molar-refractivity contribution is 0.0647. The van der Waals surface area contributed by atoms with Gasteiger partial charge in [-0.25, -0.2) is 18.6 Å². The van der Waals surface area contributed by atoms with Crippen molar-refractivity contribution < 1.29 is 23.1 Å². The minimum Gasteiger partial charge on any atom is -0.475 e. The smallest absolute Gasteiger partial charge is 0.374 e. The molecule has 9 heteroatoms. The van der Waals surface area contributed by atoms with Gasteiger partial charge >= 0.3 is 5.97 Å². The molecule has 0 saturated heterocycles. The zero-order valence-corrected chi connectivity index (χ0v) is 12.3. The van der Waals surface area contributed by atoms with Crippen molar-refractivity contribution in [2.45, 2.75) is 6.43 Å². The minimum absolute atomic E-state index is 0.156. The summed E-state index contributed by atoms with van der Waals surface area (Å²) in [7, 11) is 0. The highest BCUT2D eigenvalue weighted by atomic mass is 79.9. The maximum absolute atomic E-state index is 12.6. The van der Waals surface area contributed by atoms with Crippen molar-refractivity contribution in [3.8, 4) is 11.5 Å². The highest BCUT2D eigenvalue weighted by Crippen LogP contribution is 2.39. The quantitative estimate of drug-likeness (QED) is 0.817. The second kappa shape index (κ2) is 5.06. The third kappa shape index (κ3) is 2.47. The van der Waals surface area contributed by atoms with Gasteiger partial charge in [0.1, 0.15) is 0 Å². The Morgan fingerprint density at radius 3 is 2.56 bits per heavy atom. The molecule has 0 aliphatic rings. The van der Waals surface area contributed by atoms with Gasteiger partial charge in [0.25, 0.3) is 6.43 Å². The molecule has 4 nitrogen and oxygen atoms in total. The van der Waals surface area contributed by atoms with Crippen molar-refractivity contribution in [3.63, 3.8) is 0 Å². The van der Waals surface area contributed by atoms with Crippen LogP contribution >= 0.6 is 43.2 Å². The van der Waals surface area contributed by atoms with Crippen LogP contribution in [0.25, 0.3) is 11.5 Å². The zero-order chi connectivity index (χ0) is 13.4. The number of nitrogens with zero attached hydrogens (tertiary/aromatic N) is 1. The maximum atomic E-state index is 12.6. The SMILES string of the molecule is O=C(O)c1oc(-c2cc(Br)sc2Br)nc1C(F)F. The summed E-state index contributed by atoms with van der Waals surface area (Å²) in [5.41, 5.74) is -0.451. The molecular weight excluding hydrogens is 400 g/mol. The van der Waals surface area contributed by atoms with Crippen molar-refractivity contribution in [1.82, 2.24) is 4.98 Å². The van der Waals surface area contributed by atoms with Crippen LogP contribution in [0.5, 0.6) is 0 Å². The summed E-state index contributed by atoms with van der Waals surface area (Å²) in [5, 5.41) is 8.76. The number of carboxylic acid groups (broad SMARTS) is 1. The van der Waals surface area contributed by atoms with Crippen LogP contribution in [0, 0.1) is 0 Å². The lowest BCUT2D eigenvalue weighted by Gasteiger charge is -1.91.